The fourth-order valence-corrected chi connectivity index (χ4v) is 1.76. The molecular weight excluding hydrogens is 246 g/mol. The van der Waals surface area contributed by atoms with E-state index in [1.165, 1.54) is 36.4 Å². The summed E-state index contributed by atoms with van der Waals surface area (Å²) in [5, 5.41) is 0. The van der Waals surface area contributed by atoms with Crippen molar-refractivity contribution in [1.82, 2.24) is 4.90 Å². The van der Waals surface area contributed by atoms with Crippen LogP contribution in [-0.2, 0) is 4.74 Å². The maximum atomic E-state index is 9.02. The number of aryl methyl sites for hydroxylation is 1. The van der Waals surface area contributed by atoms with Gasteiger partial charge in [-0.3, -0.25) is 0 Å². The van der Waals surface area contributed by atoms with Gasteiger partial charge in [0.15, 0.2) is 0 Å². The molecule has 0 saturated carbocycles. The standard InChI is InChI=1S/C18H23NO/c1-15-9-7-8-12-17(15)18(20-14-13-19(2)3)16-10-5-4-6-11-16/h4-12,18H,13-14H2,1-3H3/i1D3,2D3,3D3,13D2,18D. The molecule has 2 heteroatoms. The maximum absolute atomic E-state index is 9.02. The number of rotatable bonds is 6. The lowest BCUT2D eigenvalue weighted by molar-refractivity contribution is 0.0683. The molecule has 2 nitrogen and oxygen atoms in total. The van der Waals surface area contributed by atoms with E-state index in [0.717, 1.165) is 0 Å². The minimum Gasteiger partial charge on any atom is -0.367 e. The van der Waals surface area contributed by atoms with Gasteiger partial charge in [0.1, 0.15) is 6.08 Å². The predicted molar refractivity (Wildman–Crippen MR) is 84.0 cm³/mol. The van der Waals surface area contributed by atoms with Crippen LogP contribution in [0, 0.1) is 6.85 Å². The van der Waals surface area contributed by atoms with Crippen LogP contribution in [0.15, 0.2) is 54.6 Å². The fraction of sp³-hybridized carbons (Fsp3) is 0.333. The van der Waals surface area contributed by atoms with Crippen LogP contribution in [-0.4, -0.2) is 32.0 Å². The molecule has 106 valence electrons. The summed E-state index contributed by atoms with van der Waals surface area (Å²) in [5.41, 5.74) is -0.152. The lowest BCUT2D eigenvalue weighted by Crippen LogP contribution is -2.20. The van der Waals surface area contributed by atoms with Crippen LogP contribution < -0.4 is 0 Å². The molecule has 2 rings (SSSR count). The Balaban J connectivity index is 2.59. The molecule has 0 fully saturated rings. The van der Waals surface area contributed by atoms with Crippen LogP contribution >= 0.6 is 0 Å². The van der Waals surface area contributed by atoms with Crippen LogP contribution in [0.1, 0.15) is 39.2 Å². The van der Waals surface area contributed by atoms with Crippen LogP contribution in [0.25, 0.3) is 0 Å². The van der Waals surface area contributed by atoms with Crippen molar-refractivity contribution >= 4 is 0 Å². The molecular formula is C18H23NO. The minimum absolute atomic E-state index is 0.101. The van der Waals surface area contributed by atoms with E-state index in [1.54, 1.807) is 18.2 Å². The van der Waals surface area contributed by atoms with Gasteiger partial charge in [-0.25, -0.2) is 0 Å². The summed E-state index contributed by atoms with van der Waals surface area (Å²) in [4.78, 5) is -0.270. The van der Waals surface area contributed by atoms with E-state index in [4.69, 9.17) is 21.2 Å². The van der Waals surface area contributed by atoms with Gasteiger partial charge in [-0.15, -0.1) is 0 Å². The van der Waals surface area contributed by atoms with Crippen molar-refractivity contribution in [3.8, 4) is 0 Å². The number of benzene rings is 2. The van der Waals surface area contributed by atoms with Crippen LogP contribution in [0.4, 0.5) is 0 Å². The molecule has 2 aromatic carbocycles. The number of likely N-dealkylation sites (N-methyl/N-ethyl adjacent to an activating group) is 1. The number of hydrogen-bond donors (Lipinski definition) is 0. The zero-order valence-electron chi connectivity index (χ0n) is 22.8. The quantitative estimate of drug-likeness (QED) is 0.801. The smallest absolute Gasteiger partial charge is 0.108 e. The van der Waals surface area contributed by atoms with Crippen molar-refractivity contribution in [3.05, 3.63) is 71.3 Å². The molecule has 0 aliphatic heterocycles. The lowest BCUT2D eigenvalue weighted by Gasteiger charge is -2.22. The lowest BCUT2D eigenvalue weighted by atomic mass is 9.97. The summed E-state index contributed by atoms with van der Waals surface area (Å²) in [7, 11) is 0. The van der Waals surface area contributed by atoms with Crippen molar-refractivity contribution in [3.63, 3.8) is 0 Å². The van der Waals surface area contributed by atoms with Crippen LogP contribution in [0.3, 0.4) is 0 Å². The van der Waals surface area contributed by atoms with Gasteiger partial charge in [0.05, 0.1) is 7.98 Å². The molecule has 0 aliphatic carbocycles. The Morgan fingerprint density at radius 2 is 1.90 bits per heavy atom. The van der Waals surface area contributed by atoms with Crippen molar-refractivity contribution in [2.45, 2.75) is 12.9 Å². The van der Waals surface area contributed by atoms with Crippen molar-refractivity contribution in [2.75, 3.05) is 27.1 Å². The average molecular weight is 281 g/mol. The third-order valence-electron chi connectivity index (χ3n) is 2.65. The molecule has 0 spiro atoms. The Bertz CT molecular complexity index is 893. The van der Waals surface area contributed by atoms with E-state index >= 15 is 0 Å². The molecule has 1 unspecified atom stereocenters. The van der Waals surface area contributed by atoms with E-state index < -0.39 is 40.0 Å². The van der Waals surface area contributed by atoms with Gasteiger partial charge in [0.25, 0.3) is 0 Å². The highest BCUT2D eigenvalue weighted by Crippen LogP contribution is 2.28. The van der Waals surface area contributed by atoms with Crippen molar-refractivity contribution in [1.29, 1.82) is 0 Å². The first-order valence-electron chi connectivity index (χ1n) is 12.0. The molecule has 20 heavy (non-hydrogen) atoms. The average Bonchev–Trinajstić information content (AvgIpc) is 2.63. The summed E-state index contributed by atoms with van der Waals surface area (Å²) in [6.45, 7) is -13.5. The zero-order chi connectivity index (χ0) is 24.6. The van der Waals surface area contributed by atoms with Gasteiger partial charge in [-0.05, 0) is 37.5 Å². The molecule has 0 saturated heterocycles. The third-order valence-corrected chi connectivity index (χ3v) is 2.65. The fourth-order valence-electron chi connectivity index (χ4n) is 1.76. The van der Waals surface area contributed by atoms with Gasteiger partial charge >= 0.3 is 0 Å². The zero-order valence-corrected chi connectivity index (χ0v) is 10.8. The van der Waals surface area contributed by atoms with Crippen molar-refractivity contribution < 1.29 is 21.2 Å². The second kappa shape index (κ2) is 7.22. The summed E-state index contributed by atoms with van der Waals surface area (Å²) < 4.78 is 99.0. The Labute approximate surface area is 138 Å². The largest absolute Gasteiger partial charge is 0.367 e. The molecule has 2 aromatic rings. The third kappa shape index (κ3) is 3.92. The second-order valence-corrected chi connectivity index (χ2v) is 4.02. The topological polar surface area (TPSA) is 12.5 Å². The van der Waals surface area contributed by atoms with Crippen molar-refractivity contribution in [2.24, 2.45) is 0 Å². The van der Waals surface area contributed by atoms with E-state index in [1.807, 2.05) is 0 Å². The number of hydrogen-bond acceptors (Lipinski definition) is 2. The molecule has 1 atom stereocenters. The Morgan fingerprint density at radius 1 is 1.15 bits per heavy atom. The molecule has 0 amide bonds. The summed E-state index contributed by atoms with van der Waals surface area (Å²) in [5.74, 6) is 0. The normalized spacial score (nSPS) is 25.6. The SMILES string of the molecule is [2H]C([2H])([2H])c1ccccc1C([2H])(OCC([2H])([2H])N(C([2H])([2H])[2H])C([2H])([2H])[2H])c1ccccc1. The molecule has 0 aromatic heterocycles. The first kappa shape index (κ1) is 5.63. The van der Waals surface area contributed by atoms with Crippen LogP contribution in [0.2, 0.25) is 0 Å². The monoisotopic (exact) mass is 281 g/mol. The molecule has 0 radical (unpaired) electrons. The molecule has 0 aliphatic rings. The van der Waals surface area contributed by atoms with Gasteiger partial charge in [0.2, 0.25) is 0 Å². The second-order valence-electron chi connectivity index (χ2n) is 4.02. The van der Waals surface area contributed by atoms with Crippen LogP contribution in [0.5, 0.6) is 0 Å². The van der Waals surface area contributed by atoms with E-state index in [0.29, 0.717) is 0 Å². The Morgan fingerprint density at radius 3 is 2.65 bits per heavy atom. The highest BCUT2D eigenvalue weighted by Gasteiger charge is 2.16. The summed E-state index contributed by atoms with van der Waals surface area (Å²) >= 11 is 0. The molecule has 0 heterocycles. The Hall–Kier alpha value is -1.64. The molecule has 0 N–H and O–H groups in total. The maximum Gasteiger partial charge on any atom is 0.108 e. The van der Waals surface area contributed by atoms with Gasteiger partial charge in [-0.1, -0.05) is 54.6 Å². The molecule has 0 bridgehead atoms. The van der Waals surface area contributed by atoms with Gasteiger partial charge in [0, 0.05) is 21.6 Å². The first-order valence-corrected chi connectivity index (χ1v) is 6.01. The van der Waals surface area contributed by atoms with E-state index in [2.05, 4.69) is 0 Å². The summed E-state index contributed by atoms with van der Waals surface area (Å²) in [6, 6.07) is 13.4. The summed E-state index contributed by atoms with van der Waals surface area (Å²) in [6.07, 6.45) is -2.27. The number of ether oxygens (including phenoxy) is 1. The highest BCUT2D eigenvalue weighted by molar-refractivity contribution is 5.35. The van der Waals surface area contributed by atoms with E-state index in [-0.39, 0.29) is 21.6 Å². The predicted octanol–water partition coefficient (Wildman–Crippen LogP) is 3.66. The highest BCUT2D eigenvalue weighted by atomic mass is 16.5. The van der Waals surface area contributed by atoms with E-state index in [9.17, 15) is 0 Å². The Kier molecular flexibility index (Phi) is 2.03. The number of nitrogens with zero attached hydrogens (tertiary/aromatic N) is 1. The minimum atomic E-state index is -3.33. The first-order chi connectivity index (χ1) is 14.4. The van der Waals surface area contributed by atoms with Gasteiger partial charge < -0.3 is 9.64 Å². The van der Waals surface area contributed by atoms with Gasteiger partial charge in [-0.2, -0.15) is 0 Å².